The first kappa shape index (κ1) is 12.0. The van der Waals surface area contributed by atoms with Gasteiger partial charge in [-0.3, -0.25) is 0 Å². The standard InChI is InChI=1S/C12H15N3OS/c1-15(2)7-8-16-11-5-3-10(4-6-11)12-14-13-9-17-12/h3-6,9H,7-8H2,1-2H3. The molecule has 4 nitrogen and oxygen atoms in total. The van der Waals surface area contributed by atoms with Gasteiger partial charge >= 0.3 is 0 Å². The molecule has 0 amide bonds. The topological polar surface area (TPSA) is 38.2 Å². The van der Waals surface area contributed by atoms with Gasteiger partial charge in [0.25, 0.3) is 0 Å². The molecule has 0 saturated heterocycles. The van der Waals surface area contributed by atoms with Crippen LogP contribution in [0, 0.1) is 0 Å². The minimum absolute atomic E-state index is 0.700. The summed E-state index contributed by atoms with van der Waals surface area (Å²) in [6.07, 6.45) is 0. The Morgan fingerprint density at radius 3 is 2.59 bits per heavy atom. The average molecular weight is 249 g/mol. The van der Waals surface area contributed by atoms with Gasteiger partial charge in [-0.1, -0.05) is 11.3 Å². The molecule has 5 heteroatoms. The molecule has 0 aliphatic carbocycles. The average Bonchev–Trinajstić information content (AvgIpc) is 2.83. The highest BCUT2D eigenvalue weighted by atomic mass is 32.1. The van der Waals surface area contributed by atoms with Crippen molar-refractivity contribution in [1.29, 1.82) is 0 Å². The van der Waals surface area contributed by atoms with Crippen LogP contribution in [0.1, 0.15) is 0 Å². The zero-order valence-corrected chi connectivity index (χ0v) is 10.8. The van der Waals surface area contributed by atoms with E-state index in [1.54, 1.807) is 5.51 Å². The fraction of sp³-hybridized carbons (Fsp3) is 0.333. The quantitative estimate of drug-likeness (QED) is 0.814. The van der Waals surface area contributed by atoms with E-state index in [1.807, 2.05) is 38.4 Å². The van der Waals surface area contributed by atoms with Crippen molar-refractivity contribution in [3.05, 3.63) is 29.8 Å². The van der Waals surface area contributed by atoms with Crippen LogP contribution in [0.3, 0.4) is 0 Å². The van der Waals surface area contributed by atoms with Gasteiger partial charge in [0.2, 0.25) is 0 Å². The lowest BCUT2D eigenvalue weighted by Crippen LogP contribution is -2.19. The van der Waals surface area contributed by atoms with Crippen LogP contribution in [0.2, 0.25) is 0 Å². The maximum atomic E-state index is 5.61. The molecule has 0 radical (unpaired) electrons. The second-order valence-electron chi connectivity index (χ2n) is 3.92. The number of benzene rings is 1. The Morgan fingerprint density at radius 1 is 1.24 bits per heavy atom. The molecular weight excluding hydrogens is 234 g/mol. The van der Waals surface area contributed by atoms with E-state index in [4.69, 9.17) is 4.74 Å². The molecule has 0 spiro atoms. The van der Waals surface area contributed by atoms with Crippen molar-refractivity contribution in [2.75, 3.05) is 27.2 Å². The van der Waals surface area contributed by atoms with Gasteiger partial charge in [-0.25, -0.2) is 0 Å². The maximum absolute atomic E-state index is 5.61. The Balaban J connectivity index is 1.94. The molecule has 2 aromatic rings. The van der Waals surface area contributed by atoms with Crippen LogP contribution in [-0.2, 0) is 0 Å². The minimum atomic E-state index is 0.700. The number of likely N-dealkylation sites (N-methyl/N-ethyl adjacent to an activating group) is 1. The number of hydrogen-bond acceptors (Lipinski definition) is 5. The molecule has 0 bridgehead atoms. The summed E-state index contributed by atoms with van der Waals surface area (Å²) in [5, 5.41) is 8.78. The first-order chi connectivity index (χ1) is 8.25. The molecule has 90 valence electrons. The van der Waals surface area contributed by atoms with E-state index in [-0.39, 0.29) is 0 Å². The van der Waals surface area contributed by atoms with E-state index in [0.717, 1.165) is 22.9 Å². The Bertz CT molecular complexity index is 439. The molecule has 17 heavy (non-hydrogen) atoms. The van der Waals surface area contributed by atoms with Crippen molar-refractivity contribution in [2.45, 2.75) is 0 Å². The second-order valence-corrected chi connectivity index (χ2v) is 4.75. The third-order valence-electron chi connectivity index (χ3n) is 2.27. The first-order valence-electron chi connectivity index (χ1n) is 5.40. The minimum Gasteiger partial charge on any atom is -0.492 e. The van der Waals surface area contributed by atoms with Crippen LogP contribution in [0.4, 0.5) is 0 Å². The number of rotatable bonds is 5. The highest BCUT2D eigenvalue weighted by Crippen LogP contribution is 2.23. The van der Waals surface area contributed by atoms with E-state index in [2.05, 4.69) is 15.1 Å². The SMILES string of the molecule is CN(C)CCOc1ccc(-c2nncs2)cc1. The van der Waals surface area contributed by atoms with E-state index in [0.29, 0.717) is 6.61 Å². The van der Waals surface area contributed by atoms with Crippen LogP contribution >= 0.6 is 11.3 Å². The molecule has 0 atom stereocenters. The zero-order chi connectivity index (χ0) is 12.1. The van der Waals surface area contributed by atoms with Gasteiger partial charge in [-0.05, 0) is 38.4 Å². The lowest BCUT2D eigenvalue weighted by Gasteiger charge is -2.10. The molecule has 0 saturated carbocycles. The number of ether oxygens (including phenoxy) is 1. The van der Waals surface area contributed by atoms with Crippen molar-refractivity contribution in [1.82, 2.24) is 15.1 Å². The van der Waals surface area contributed by atoms with Crippen molar-refractivity contribution in [3.8, 4) is 16.3 Å². The van der Waals surface area contributed by atoms with Crippen LogP contribution in [0.15, 0.2) is 29.8 Å². The van der Waals surface area contributed by atoms with Crippen LogP contribution in [-0.4, -0.2) is 42.3 Å². The lowest BCUT2D eigenvalue weighted by molar-refractivity contribution is 0.261. The summed E-state index contributed by atoms with van der Waals surface area (Å²) in [5.41, 5.74) is 2.81. The van der Waals surface area contributed by atoms with Crippen molar-refractivity contribution < 1.29 is 4.74 Å². The third kappa shape index (κ3) is 3.51. The normalized spacial score (nSPS) is 10.8. The van der Waals surface area contributed by atoms with E-state index < -0.39 is 0 Å². The van der Waals surface area contributed by atoms with Crippen LogP contribution in [0.25, 0.3) is 10.6 Å². The monoisotopic (exact) mass is 249 g/mol. The molecule has 0 aliphatic heterocycles. The van der Waals surface area contributed by atoms with Gasteiger partial charge in [0.15, 0.2) is 0 Å². The fourth-order valence-electron chi connectivity index (χ4n) is 1.34. The predicted molar refractivity (Wildman–Crippen MR) is 69.4 cm³/mol. The number of nitrogens with zero attached hydrogens (tertiary/aromatic N) is 3. The summed E-state index contributed by atoms with van der Waals surface area (Å²) in [4.78, 5) is 2.09. The summed E-state index contributed by atoms with van der Waals surface area (Å²) in [6, 6.07) is 7.94. The summed E-state index contributed by atoms with van der Waals surface area (Å²) in [7, 11) is 4.06. The van der Waals surface area contributed by atoms with Gasteiger partial charge < -0.3 is 9.64 Å². The molecule has 1 aromatic heterocycles. The van der Waals surface area contributed by atoms with Crippen LogP contribution < -0.4 is 4.74 Å². The zero-order valence-electron chi connectivity index (χ0n) is 9.96. The smallest absolute Gasteiger partial charge is 0.147 e. The Kier molecular flexibility index (Phi) is 4.06. The predicted octanol–water partition coefficient (Wildman–Crippen LogP) is 2.15. The molecule has 0 aliphatic rings. The molecule has 2 rings (SSSR count). The Hall–Kier alpha value is -1.46. The number of hydrogen-bond donors (Lipinski definition) is 0. The Morgan fingerprint density at radius 2 is 2.00 bits per heavy atom. The fourth-order valence-corrected chi connectivity index (χ4v) is 1.90. The van der Waals surface area contributed by atoms with E-state index >= 15 is 0 Å². The van der Waals surface area contributed by atoms with Gasteiger partial charge in [-0.15, -0.1) is 10.2 Å². The first-order valence-corrected chi connectivity index (χ1v) is 6.28. The van der Waals surface area contributed by atoms with Gasteiger partial charge in [0.1, 0.15) is 22.9 Å². The molecule has 0 fully saturated rings. The molecule has 0 unspecified atom stereocenters. The summed E-state index contributed by atoms with van der Waals surface area (Å²) in [6.45, 7) is 1.61. The highest BCUT2D eigenvalue weighted by Gasteiger charge is 2.01. The Labute approximate surface area is 105 Å². The number of aromatic nitrogens is 2. The second kappa shape index (κ2) is 5.75. The molecule has 1 heterocycles. The molecule has 0 N–H and O–H groups in total. The van der Waals surface area contributed by atoms with Crippen LogP contribution in [0.5, 0.6) is 5.75 Å². The van der Waals surface area contributed by atoms with Gasteiger partial charge in [0, 0.05) is 12.1 Å². The largest absolute Gasteiger partial charge is 0.492 e. The van der Waals surface area contributed by atoms with Crippen molar-refractivity contribution in [2.24, 2.45) is 0 Å². The molecule has 1 aromatic carbocycles. The van der Waals surface area contributed by atoms with Gasteiger partial charge in [-0.2, -0.15) is 0 Å². The lowest BCUT2D eigenvalue weighted by atomic mass is 10.2. The van der Waals surface area contributed by atoms with Crippen molar-refractivity contribution in [3.63, 3.8) is 0 Å². The van der Waals surface area contributed by atoms with Gasteiger partial charge in [0.05, 0.1) is 0 Å². The third-order valence-corrected chi connectivity index (χ3v) is 3.01. The molecular formula is C12H15N3OS. The summed E-state index contributed by atoms with van der Waals surface area (Å²) in [5.74, 6) is 0.889. The highest BCUT2D eigenvalue weighted by molar-refractivity contribution is 7.12. The maximum Gasteiger partial charge on any atom is 0.147 e. The van der Waals surface area contributed by atoms with E-state index in [1.165, 1.54) is 11.3 Å². The van der Waals surface area contributed by atoms with Crippen molar-refractivity contribution >= 4 is 11.3 Å². The summed E-state index contributed by atoms with van der Waals surface area (Å²) >= 11 is 1.53. The van der Waals surface area contributed by atoms with E-state index in [9.17, 15) is 0 Å². The summed E-state index contributed by atoms with van der Waals surface area (Å²) < 4.78 is 5.61.